The van der Waals surface area contributed by atoms with Gasteiger partial charge in [0, 0.05) is 12.5 Å². The second kappa shape index (κ2) is 12.5. The van der Waals surface area contributed by atoms with Crippen molar-refractivity contribution in [3.63, 3.8) is 0 Å². The van der Waals surface area contributed by atoms with Crippen molar-refractivity contribution in [1.29, 1.82) is 0 Å². The fraction of sp³-hybridized carbons (Fsp3) is 0.276. The van der Waals surface area contributed by atoms with Crippen LogP contribution in [0.2, 0.25) is 0 Å². The summed E-state index contributed by atoms with van der Waals surface area (Å²) < 4.78 is 0. The number of benzene rings is 3. The molecule has 0 unspecified atom stereocenters. The average molecular weight is 473 g/mol. The number of hydrogen-bond donors (Lipinski definition) is 3. The first-order chi connectivity index (χ1) is 16.8. The van der Waals surface area contributed by atoms with E-state index in [2.05, 4.69) is 10.6 Å². The molecule has 2 amide bonds. The summed E-state index contributed by atoms with van der Waals surface area (Å²) in [5, 5.41) is 15.1. The Morgan fingerprint density at radius 3 is 2.06 bits per heavy atom. The van der Waals surface area contributed by atoms with Crippen LogP contribution in [0.1, 0.15) is 43.9 Å². The number of rotatable bonds is 11. The molecule has 2 atom stereocenters. The quantitative estimate of drug-likeness (QED) is 0.367. The predicted molar refractivity (Wildman–Crippen MR) is 136 cm³/mol. The summed E-state index contributed by atoms with van der Waals surface area (Å²) in [6.07, 6.45) is 0.132. The zero-order chi connectivity index (χ0) is 25.2. The van der Waals surface area contributed by atoms with Gasteiger partial charge in [0.2, 0.25) is 11.8 Å². The molecule has 0 fully saturated rings. The van der Waals surface area contributed by atoms with Crippen molar-refractivity contribution in [1.82, 2.24) is 10.6 Å². The smallest absolute Gasteiger partial charge is 0.304 e. The second-order valence-electron chi connectivity index (χ2n) is 9.06. The molecule has 6 nitrogen and oxygen atoms in total. The van der Waals surface area contributed by atoms with Crippen molar-refractivity contribution in [3.8, 4) is 11.1 Å². The van der Waals surface area contributed by atoms with Gasteiger partial charge < -0.3 is 15.7 Å². The van der Waals surface area contributed by atoms with Gasteiger partial charge in [-0.2, -0.15) is 0 Å². The lowest BCUT2D eigenvalue weighted by atomic mass is 9.92. The van der Waals surface area contributed by atoms with E-state index in [0.29, 0.717) is 18.5 Å². The fourth-order valence-electron chi connectivity index (χ4n) is 4.04. The van der Waals surface area contributed by atoms with Gasteiger partial charge >= 0.3 is 5.97 Å². The van der Waals surface area contributed by atoms with Crippen LogP contribution in [0.25, 0.3) is 11.1 Å². The van der Waals surface area contributed by atoms with E-state index in [1.54, 1.807) is 6.07 Å². The zero-order valence-electron chi connectivity index (χ0n) is 20.1. The minimum atomic E-state index is -1.04. The Hall–Kier alpha value is -3.93. The molecule has 3 N–H and O–H groups in total. The highest BCUT2D eigenvalue weighted by Crippen LogP contribution is 2.25. The lowest BCUT2D eigenvalue weighted by Gasteiger charge is -2.23. The molecule has 6 heteroatoms. The Bertz CT molecular complexity index is 1130. The highest BCUT2D eigenvalue weighted by molar-refractivity contribution is 5.91. The lowest BCUT2D eigenvalue weighted by Crippen LogP contribution is -2.43. The zero-order valence-corrected chi connectivity index (χ0v) is 20.1. The molecule has 182 valence electrons. The number of nitrogens with one attached hydrogen (secondary N) is 2. The number of carbonyl (C=O) groups is 3. The maximum atomic E-state index is 13.3. The van der Waals surface area contributed by atoms with E-state index in [9.17, 15) is 19.5 Å². The first-order valence-corrected chi connectivity index (χ1v) is 11.8. The molecule has 0 saturated carbocycles. The summed E-state index contributed by atoms with van der Waals surface area (Å²) in [7, 11) is 0. The monoisotopic (exact) mass is 472 g/mol. The standard InChI is InChI=1S/C29H32N2O4/c1-20(2)16-25(18-26(32)33)28(34)31-27(29(35)30-19-21-10-5-3-6-11-21)24-15-9-14-23(17-24)22-12-7-4-8-13-22/h3-15,17,20,25,27H,16,18-19H2,1-2H3,(H,30,35)(H,31,34)(H,32,33)/t25-,27+/m1/s1. The van der Waals surface area contributed by atoms with E-state index in [1.165, 1.54) is 0 Å². The van der Waals surface area contributed by atoms with E-state index in [-0.39, 0.29) is 18.2 Å². The van der Waals surface area contributed by atoms with Crippen LogP contribution in [0.5, 0.6) is 0 Å². The number of carbonyl (C=O) groups excluding carboxylic acids is 2. The van der Waals surface area contributed by atoms with Gasteiger partial charge in [-0.1, -0.05) is 92.7 Å². The Morgan fingerprint density at radius 2 is 1.43 bits per heavy atom. The van der Waals surface area contributed by atoms with E-state index < -0.39 is 23.8 Å². The molecular formula is C29H32N2O4. The van der Waals surface area contributed by atoms with Crippen LogP contribution in [0.4, 0.5) is 0 Å². The molecule has 0 radical (unpaired) electrons. The first kappa shape index (κ1) is 25.7. The van der Waals surface area contributed by atoms with Crippen molar-refractivity contribution < 1.29 is 19.5 Å². The fourth-order valence-corrected chi connectivity index (χ4v) is 4.04. The van der Waals surface area contributed by atoms with Crippen LogP contribution in [-0.4, -0.2) is 22.9 Å². The highest BCUT2D eigenvalue weighted by Gasteiger charge is 2.29. The van der Waals surface area contributed by atoms with Crippen molar-refractivity contribution in [2.24, 2.45) is 11.8 Å². The molecule has 35 heavy (non-hydrogen) atoms. The molecule has 3 aromatic carbocycles. The molecule has 0 spiro atoms. The number of hydrogen-bond acceptors (Lipinski definition) is 3. The Labute approximate surface area is 206 Å². The summed E-state index contributed by atoms with van der Waals surface area (Å²) in [5.41, 5.74) is 3.48. The third-order valence-corrected chi connectivity index (χ3v) is 5.73. The molecule has 0 aliphatic heterocycles. The van der Waals surface area contributed by atoms with E-state index >= 15 is 0 Å². The lowest BCUT2D eigenvalue weighted by molar-refractivity contribution is -0.141. The maximum Gasteiger partial charge on any atom is 0.304 e. The van der Waals surface area contributed by atoms with E-state index in [1.807, 2.05) is 92.7 Å². The molecule has 0 heterocycles. The minimum absolute atomic E-state index is 0.136. The van der Waals surface area contributed by atoms with Gasteiger partial charge in [0.25, 0.3) is 0 Å². The van der Waals surface area contributed by atoms with Crippen LogP contribution >= 0.6 is 0 Å². The largest absolute Gasteiger partial charge is 0.481 e. The Balaban J connectivity index is 1.88. The third-order valence-electron chi connectivity index (χ3n) is 5.73. The van der Waals surface area contributed by atoms with Gasteiger partial charge in [0.05, 0.1) is 6.42 Å². The van der Waals surface area contributed by atoms with Gasteiger partial charge in [-0.15, -0.1) is 0 Å². The number of amides is 2. The Morgan fingerprint density at radius 1 is 0.800 bits per heavy atom. The van der Waals surface area contributed by atoms with Gasteiger partial charge in [0.1, 0.15) is 6.04 Å². The van der Waals surface area contributed by atoms with Crippen LogP contribution in [0.3, 0.4) is 0 Å². The van der Waals surface area contributed by atoms with E-state index in [0.717, 1.165) is 16.7 Å². The Kier molecular flexibility index (Phi) is 9.18. The molecule has 0 aliphatic rings. The molecule has 3 aromatic rings. The topological polar surface area (TPSA) is 95.5 Å². The van der Waals surface area contributed by atoms with Gasteiger partial charge in [0.15, 0.2) is 0 Å². The van der Waals surface area contributed by atoms with Gasteiger partial charge in [-0.25, -0.2) is 0 Å². The van der Waals surface area contributed by atoms with Crippen molar-refractivity contribution in [2.45, 2.75) is 39.3 Å². The number of carboxylic acid groups (broad SMARTS) is 1. The third kappa shape index (κ3) is 7.81. The van der Waals surface area contributed by atoms with Crippen LogP contribution in [0.15, 0.2) is 84.9 Å². The maximum absolute atomic E-state index is 13.3. The highest BCUT2D eigenvalue weighted by atomic mass is 16.4. The molecule has 0 bridgehead atoms. The summed E-state index contributed by atoms with van der Waals surface area (Å²) in [6.45, 7) is 4.19. The SMILES string of the molecule is CC(C)C[C@H](CC(=O)O)C(=O)N[C@H](C(=O)NCc1ccccc1)c1cccc(-c2ccccc2)c1. The van der Waals surface area contributed by atoms with Gasteiger partial charge in [-0.3, -0.25) is 14.4 Å². The van der Waals surface area contributed by atoms with Crippen LogP contribution in [-0.2, 0) is 20.9 Å². The van der Waals surface area contributed by atoms with E-state index in [4.69, 9.17) is 0 Å². The number of aliphatic carboxylic acids is 1. The molecule has 3 rings (SSSR count). The van der Waals surface area contributed by atoms with Crippen molar-refractivity contribution in [2.75, 3.05) is 0 Å². The summed E-state index contributed by atoms with van der Waals surface area (Å²) in [5.74, 6) is -2.43. The van der Waals surface area contributed by atoms with Gasteiger partial charge in [-0.05, 0) is 40.7 Å². The average Bonchev–Trinajstić information content (AvgIpc) is 2.86. The summed E-state index contributed by atoms with van der Waals surface area (Å²) in [6, 6.07) is 25.8. The van der Waals surface area contributed by atoms with Crippen molar-refractivity contribution >= 4 is 17.8 Å². The van der Waals surface area contributed by atoms with Crippen molar-refractivity contribution in [3.05, 3.63) is 96.1 Å². The number of carboxylic acids is 1. The molecule has 0 aromatic heterocycles. The summed E-state index contributed by atoms with van der Waals surface area (Å²) in [4.78, 5) is 37.9. The predicted octanol–water partition coefficient (Wildman–Crippen LogP) is 4.96. The minimum Gasteiger partial charge on any atom is -0.481 e. The summed E-state index contributed by atoms with van der Waals surface area (Å²) >= 11 is 0. The molecular weight excluding hydrogens is 440 g/mol. The van der Waals surface area contributed by atoms with Crippen LogP contribution in [0, 0.1) is 11.8 Å². The van der Waals surface area contributed by atoms with Crippen LogP contribution < -0.4 is 10.6 Å². The molecule has 0 aliphatic carbocycles. The normalized spacial score (nSPS) is 12.5. The molecule has 0 saturated heterocycles. The first-order valence-electron chi connectivity index (χ1n) is 11.8. The second-order valence-corrected chi connectivity index (χ2v) is 9.06.